The van der Waals surface area contributed by atoms with E-state index in [-0.39, 0.29) is 11.7 Å². The molecule has 0 aliphatic heterocycles. The lowest BCUT2D eigenvalue weighted by Gasteiger charge is -2.16. The molecule has 118 valence electrons. The van der Waals surface area contributed by atoms with E-state index in [1.54, 1.807) is 12.1 Å². The second kappa shape index (κ2) is 7.95. The van der Waals surface area contributed by atoms with Crippen molar-refractivity contribution in [3.8, 4) is 5.75 Å². The van der Waals surface area contributed by atoms with Crippen molar-refractivity contribution in [2.24, 2.45) is 5.73 Å². The molecule has 0 heterocycles. The van der Waals surface area contributed by atoms with Crippen LogP contribution in [-0.4, -0.2) is 13.2 Å². The predicted octanol–water partition coefficient (Wildman–Crippen LogP) is 4.46. The Bertz CT molecular complexity index is 597. The molecule has 2 nitrogen and oxygen atoms in total. The summed E-state index contributed by atoms with van der Waals surface area (Å²) in [6.45, 7) is 5.37. The number of ether oxygens (including phenoxy) is 1. The van der Waals surface area contributed by atoms with Crippen LogP contribution >= 0.6 is 0 Å². The molecule has 0 aliphatic carbocycles. The first kappa shape index (κ1) is 16.5. The molecule has 2 rings (SSSR count). The molecule has 0 fully saturated rings. The van der Waals surface area contributed by atoms with Crippen LogP contribution < -0.4 is 10.5 Å². The molecule has 2 aromatic rings. The molecule has 2 aromatic carbocycles. The van der Waals surface area contributed by atoms with Crippen LogP contribution in [0.15, 0.2) is 48.5 Å². The summed E-state index contributed by atoms with van der Waals surface area (Å²) in [5.74, 6) is 1.25. The average molecular weight is 301 g/mol. The molecule has 0 bridgehead atoms. The van der Waals surface area contributed by atoms with Crippen LogP contribution in [0.5, 0.6) is 5.75 Å². The van der Waals surface area contributed by atoms with Gasteiger partial charge in [0.15, 0.2) is 0 Å². The lowest BCUT2D eigenvalue weighted by Crippen LogP contribution is -2.15. The van der Waals surface area contributed by atoms with Crippen molar-refractivity contribution in [2.75, 3.05) is 13.2 Å². The van der Waals surface area contributed by atoms with Gasteiger partial charge in [-0.1, -0.05) is 38.1 Å². The molecule has 0 amide bonds. The minimum Gasteiger partial charge on any atom is -0.494 e. The van der Waals surface area contributed by atoms with E-state index < -0.39 is 0 Å². The third-order valence-corrected chi connectivity index (χ3v) is 3.86. The third kappa shape index (κ3) is 4.57. The van der Waals surface area contributed by atoms with Crippen molar-refractivity contribution in [1.82, 2.24) is 0 Å². The summed E-state index contributed by atoms with van der Waals surface area (Å²) in [5, 5.41) is 0. The maximum Gasteiger partial charge on any atom is 0.123 e. The van der Waals surface area contributed by atoms with E-state index >= 15 is 0 Å². The Morgan fingerprint density at radius 2 is 1.77 bits per heavy atom. The van der Waals surface area contributed by atoms with Crippen LogP contribution in [-0.2, 0) is 0 Å². The zero-order valence-electron chi connectivity index (χ0n) is 13.3. The van der Waals surface area contributed by atoms with Crippen LogP contribution in [0.3, 0.4) is 0 Å². The highest BCUT2D eigenvalue weighted by Gasteiger charge is 2.11. The lowest BCUT2D eigenvalue weighted by molar-refractivity contribution is 0.298. The predicted molar refractivity (Wildman–Crippen MR) is 88.8 cm³/mol. The van der Waals surface area contributed by atoms with E-state index in [4.69, 9.17) is 10.5 Å². The first-order valence-corrected chi connectivity index (χ1v) is 7.78. The fraction of sp³-hybridized carbons (Fsp3) is 0.368. The first-order chi connectivity index (χ1) is 10.6. The smallest absolute Gasteiger partial charge is 0.123 e. The van der Waals surface area contributed by atoms with Gasteiger partial charge in [-0.3, -0.25) is 0 Å². The number of nitrogens with two attached hydrogens (primary N) is 1. The van der Waals surface area contributed by atoms with Crippen LogP contribution in [0.1, 0.15) is 43.2 Å². The normalized spacial score (nSPS) is 12.4. The Hall–Kier alpha value is -1.87. The van der Waals surface area contributed by atoms with Crippen molar-refractivity contribution >= 4 is 0 Å². The Balaban J connectivity index is 1.93. The SMILES string of the molecule is CC(C)c1cccc(OCCC(CN)c2cccc(F)c2)c1. The molecule has 0 saturated carbocycles. The average Bonchev–Trinajstić information content (AvgIpc) is 2.52. The van der Waals surface area contributed by atoms with Gasteiger partial charge >= 0.3 is 0 Å². The summed E-state index contributed by atoms with van der Waals surface area (Å²) >= 11 is 0. The van der Waals surface area contributed by atoms with Gasteiger partial charge < -0.3 is 10.5 Å². The van der Waals surface area contributed by atoms with E-state index in [0.717, 1.165) is 17.7 Å². The third-order valence-electron chi connectivity index (χ3n) is 3.86. The molecular formula is C19H24FNO. The highest BCUT2D eigenvalue weighted by atomic mass is 19.1. The Morgan fingerprint density at radius 3 is 2.45 bits per heavy atom. The quantitative estimate of drug-likeness (QED) is 0.819. The molecular weight excluding hydrogens is 277 g/mol. The van der Waals surface area contributed by atoms with Crippen LogP contribution in [0, 0.1) is 5.82 Å². The van der Waals surface area contributed by atoms with Crippen molar-refractivity contribution in [3.63, 3.8) is 0 Å². The number of hydrogen-bond donors (Lipinski definition) is 1. The van der Waals surface area contributed by atoms with Crippen LogP contribution in [0.4, 0.5) is 4.39 Å². The second-order valence-electron chi connectivity index (χ2n) is 5.85. The maximum absolute atomic E-state index is 13.3. The minimum atomic E-state index is -0.221. The summed E-state index contributed by atoms with van der Waals surface area (Å²) in [6, 6.07) is 14.8. The van der Waals surface area contributed by atoms with Crippen molar-refractivity contribution < 1.29 is 9.13 Å². The molecule has 0 radical (unpaired) electrons. The minimum absolute atomic E-state index is 0.115. The molecule has 0 spiro atoms. The van der Waals surface area contributed by atoms with E-state index in [1.165, 1.54) is 11.6 Å². The van der Waals surface area contributed by atoms with Gasteiger partial charge in [0.2, 0.25) is 0 Å². The molecule has 1 unspecified atom stereocenters. The van der Waals surface area contributed by atoms with Gasteiger partial charge in [0.25, 0.3) is 0 Å². The Morgan fingerprint density at radius 1 is 1.05 bits per heavy atom. The first-order valence-electron chi connectivity index (χ1n) is 7.78. The van der Waals surface area contributed by atoms with Crippen LogP contribution in [0.25, 0.3) is 0 Å². The number of hydrogen-bond acceptors (Lipinski definition) is 2. The summed E-state index contributed by atoms with van der Waals surface area (Å²) in [5.41, 5.74) is 8.01. The summed E-state index contributed by atoms with van der Waals surface area (Å²) in [6.07, 6.45) is 0.770. The molecule has 1 atom stereocenters. The van der Waals surface area contributed by atoms with E-state index in [9.17, 15) is 4.39 Å². The number of halogens is 1. The zero-order chi connectivity index (χ0) is 15.9. The fourth-order valence-corrected chi connectivity index (χ4v) is 2.46. The number of benzene rings is 2. The van der Waals surface area contributed by atoms with Gasteiger partial charge in [-0.15, -0.1) is 0 Å². The van der Waals surface area contributed by atoms with Crippen molar-refractivity contribution in [1.29, 1.82) is 0 Å². The second-order valence-corrected chi connectivity index (χ2v) is 5.85. The van der Waals surface area contributed by atoms with Gasteiger partial charge in [0.05, 0.1) is 6.61 Å². The summed E-state index contributed by atoms with van der Waals surface area (Å²) in [7, 11) is 0. The van der Waals surface area contributed by atoms with E-state index in [1.807, 2.05) is 18.2 Å². The highest BCUT2D eigenvalue weighted by Crippen LogP contribution is 2.22. The van der Waals surface area contributed by atoms with E-state index in [2.05, 4.69) is 26.0 Å². The van der Waals surface area contributed by atoms with Crippen molar-refractivity contribution in [3.05, 3.63) is 65.5 Å². The maximum atomic E-state index is 13.3. The van der Waals surface area contributed by atoms with Gasteiger partial charge in [-0.2, -0.15) is 0 Å². The topological polar surface area (TPSA) is 35.2 Å². The van der Waals surface area contributed by atoms with Gasteiger partial charge in [0.1, 0.15) is 11.6 Å². The largest absolute Gasteiger partial charge is 0.494 e. The molecule has 0 aliphatic rings. The molecule has 2 N–H and O–H groups in total. The Kier molecular flexibility index (Phi) is 5.96. The van der Waals surface area contributed by atoms with Crippen LogP contribution in [0.2, 0.25) is 0 Å². The summed E-state index contributed by atoms with van der Waals surface area (Å²) in [4.78, 5) is 0. The standard InChI is InChI=1S/C19H24FNO/c1-14(2)15-5-4-8-19(12-15)22-10-9-17(13-21)16-6-3-7-18(20)11-16/h3-8,11-12,14,17H,9-10,13,21H2,1-2H3. The molecule has 3 heteroatoms. The summed E-state index contributed by atoms with van der Waals surface area (Å²) < 4.78 is 19.1. The molecule has 0 aromatic heterocycles. The monoisotopic (exact) mass is 301 g/mol. The van der Waals surface area contributed by atoms with Gasteiger partial charge in [-0.25, -0.2) is 4.39 Å². The Labute approximate surface area is 132 Å². The zero-order valence-corrected chi connectivity index (χ0v) is 13.3. The molecule has 0 saturated heterocycles. The fourth-order valence-electron chi connectivity index (χ4n) is 2.46. The van der Waals surface area contributed by atoms with Gasteiger partial charge in [-0.05, 0) is 60.2 Å². The van der Waals surface area contributed by atoms with E-state index in [0.29, 0.717) is 19.1 Å². The van der Waals surface area contributed by atoms with Crippen molar-refractivity contribution in [2.45, 2.75) is 32.1 Å². The highest BCUT2D eigenvalue weighted by molar-refractivity contribution is 5.30. The lowest BCUT2D eigenvalue weighted by atomic mass is 9.96. The molecule has 22 heavy (non-hydrogen) atoms. The van der Waals surface area contributed by atoms with Gasteiger partial charge in [0, 0.05) is 0 Å². The number of rotatable bonds is 7.